The Kier molecular flexibility index (Phi) is 9.42. The first-order valence-corrected chi connectivity index (χ1v) is 19.2. The molecule has 0 N–H and O–H groups in total. The number of piperazine rings is 1. The second-order valence-electron chi connectivity index (χ2n) is 12.3. The first-order chi connectivity index (χ1) is 24.6. The van der Waals surface area contributed by atoms with Crippen molar-refractivity contribution in [2.24, 2.45) is 0 Å². The Balaban J connectivity index is 1.16. The minimum Gasteiger partial charge on any atom is -0.379 e. The molecule has 3 heterocycles. The van der Waals surface area contributed by atoms with Crippen LogP contribution in [0.25, 0.3) is 21.5 Å². The van der Waals surface area contributed by atoms with Crippen LogP contribution in [0.2, 0.25) is 0 Å². The first-order valence-electron chi connectivity index (χ1n) is 16.4. The molecule has 1 amide bonds. The monoisotopic (exact) mass is 721 g/mol. The Morgan fingerprint density at radius 3 is 2.14 bits per heavy atom. The van der Waals surface area contributed by atoms with E-state index in [0.717, 1.165) is 9.99 Å². The van der Waals surface area contributed by atoms with Gasteiger partial charge in [-0.25, -0.2) is 8.42 Å². The van der Waals surface area contributed by atoms with Crippen molar-refractivity contribution in [1.82, 2.24) is 19.2 Å². The number of amides is 1. The molecule has 1 aliphatic heterocycles. The van der Waals surface area contributed by atoms with Crippen molar-refractivity contribution in [3.05, 3.63) is 133 Å². The molecule has 260 valence electrons. The Morgan fingerprint density at radius 1 is 0.725 bits per heavy atom. The summed E-state index contributed by atoms with van der Waals surface area (Å²) in [5.74, 6) is -0.243. The van der Waals surface area contributed by atoms with E-state index in [0.29, 0.717) is 53.3 Å². The van der Waals surface area contributed by atoms with E-state index in [1.807, 2.05) is 30.3 Å². The molecule has 0 aliphatic carbocycles. The number of para-hydroxylation sites is 1. The number of sulfonamides is 1. The number of hydrogen-bond donors (Lipinski definition) is 0. The topological polar surface area (TPSA) is 130 Å². The molecule has 0 unspecified atom stereocenters. The summed E-state index contributed by atoms with van der Waals surface area (Å²) in [6.45, 7) is 2.05. The lowest BCUT2D eigenvalue weighted by molar-refractivity contribution is -0.135. The molecular weight excluding hydrogens is 687 g/mol. The van der Waals surface area contributed by atoms with Crippen LogP contribution < -0.4 is 9.08 Å². The van der Waals surface area contributed by atoms with Crippen LogP contribution in [0, 0.1) is 0 Å². The van der Waals surface area contributed by atoms with Crippen LogP contribution in [0.4, 0.5) is 5.69 Å². The number of nitrogens with zero attached hydrogens (tertiary/aromatic N) is 5. The molecule has 2 aromatic heterocycles. The zero-order valence-electron chi connectivity index (χ0n) is 27.7. The third-order valence-corrected chi connectivity index (χ3v) is 12.4. The third-order valence-electron chi connectivity index (χ3n) is 9.21. The van der Waals surface area contributed by atoms with Crippen molar-refractivity contribution >= 4 is 53.3 Å². The maximum Gasteiger partial charge on any atom is 0.339 e. The molecule has 1 saturated heterocycles. The van der Waals surface area contributed by atoms with Gasteiger partial charge in [-0.1, -0.05) is 54.6 Å². The molecule has 0 radical (unpaired) electrons. The number of benzene rings is 4. The van der Waals surface area contributed by atoms with Crippen LogP contribution >= 0.6 is 0 Å². The summed E-state index contributed by atoms with van der Waals surface area (Å²) in [4.78, 5) is 26.5. The van der Waals surface area contributed by atoms with Crippen molar-refractivity contribution in [3.8, 4) is 5.75 Å². The number of hydrogen-bond acceptors (Lipinski definition) is 9. The summed E-state index contributed by atoms with van der Waals surface area (Å²) >= 11 is 0. The molecule has 7 rings (SSSR count). The number of pyridine rings is 2. The molecule has 51 heavy (non-hydrogen) atoms. The molecule has 13 heteroatoms. The Labute approximate surface area is 296 Å². The van der Waals surface area contributed by atoms with Crippen molar-refractivity contribution in [2.45, 2.75) is 22.3 Å². The summed E-state index contributed by atoms with van der Waals surface area (Å²) in [6.07, 6.45) is 6.25. The van der Waals surface area contributed by atoms with Gasteiger partial charge in [0.1, 0.15) is 16.7 Å². The van der Waals surface area contributed by atoms with Gasteiger partial charge in [0, 0.05) is 79.9 Å². The Bertz CT molecular complexity index is 2410. The standard InChI is InChI=1S/C38H35N5O6S2/c1-41(50(45,46)36-11-6-8-30-26-39-20-18-33(30)36)35(38(44)43-23-21-42(22-24-43)31-9-3-2-4-10-31)25-28-13-15-32(16-14-28)49-51(47,48)37-12-5-7-29-17-19-40-27-34(29)37/h2-20,26-27,35H,21-25H2,1H3/t35-/m0/s1. The van der Waals surface area contributed by atoms with Crippen LogP contribution in [0.15, 0.2) is 138 Å². The fourth-order valence-electron chi connectivity index (χ4n) is 6.43. The van der Waals surface area contributed by atoms with Crippen LogP contribution in [0.1, 0.15) is 5.56 Å². The van der Waals surface area contributed by atoms with Gasteiger partial charge in [-0.2, -0.15) is 12.7 Å². The van der Waals surface area contributed by atoms with Gasteiger partial charge in [0.2, 0.25) is 15.9 Å². The number of carbonyl (C=O) groups excluding carboxylic acids is 1. The van der Waals surface area contributed by atoms with E-state index < -0.39 is 26.2 Å². The van der Waals surface area contributed by atoms with Gasteiger partial charge in [0.25, 0.3) is 0 Å². The van der Waals surface area contributed by atoms with Gasteiger partial charge >= 0.3 is 10.1 Å². The molecule has 1 aliphatic rings. The van der Waals surface area contributed by atoms with Crippen molar-refractivity contribution in [3.63, 3.8) is 0 Å². The largest absolute Gasteiger partial charge is 0.379 e. The molecule has 1 fully saturated rings. The van der Waals surface area contributed by atoms with E-state index in [-0.39, 0.29) is 27.9 Å². The highest BCUT2D eigenvalue weighted by Crippen LogP contribution is 2.29. The molecule has 0 spiro atoms. The fraction of sp³-hybridized carbons (Fsp3) is 0.184. The molecule has 0 saturated carbocycles. The summed E-state index contributed by atoms with van der Waals surface area (Å²) < 4.78 is 61.8. The van der Waals surface area contributed by atoms with Crippen LogP contribution in [-0.2, 0) is 31.4 Å². The van der Waals surface area contributed by atoms with E-state index in [4.69, 9.17) is 4.18 Å². The number of anilines is 1. The van der Waals surface area contributed by atoms with Gasteiger partial charge in [-0.05, 0) is 65.9 Å². The second kappa shape index (κ2) is 14.1. The van der Waals surface area contributed by atoms with E-state index in [1.165, 1.54) is 43.7 Å². The lowest BCUT2D eigenvalue weighted by Gasteiger charge is -2.39. The molecule has 11 nitrogen and oxygen atoms in total. The Hall–Kier alpha value is -5.37. The van der Waals surface area contributed by atoms with E-state index in [2.05, 4.69) is 14.9 Å². The van der Waals surface area contributed by atoms with Crippen molar-refractivity contribution in [1.29, 1.82) is 0 Å². The molecule has 1 atom stereocenters. The zero-order valence-corrected chi connectivity index (χ0v) is 29.4. The summed E-state index contributed by atoms with van der Waals surface area (Å²) in [6, 6.07) is 28.4. The Morgan fingerprint density at radius 2 is 1.39 bits per heavy atom. The SMILES string of the molecule is CN([C@@H](Cc1ccc(OS(=O)(=O)c2cccc3ccncc23)cc1)C(=O)N1CCN(c2ccccc2)CC1)S(=O)(=O)c1cccc2cnccc12. The number of rotatable bonds is 10. The summed E-state index contributed by atoms with van der Waals surface area (Å²) in [5, 5.41) is 2.32. The van der Waals surface area contributed by atoms with Crippen LogP contribution in [-0.4, -0.2) is 81.2 Å². The summed E-state index contributed by atoms with van der Waals surface area (Å²) in [5.41, 5.74) is 1.69. The molecule has 6 aromatic rings. The fourth-order valence-corrected chi connectivity index (χ4v) is 9.09. The van der Waals surface area contributed by atoms with Crippen LogP contribution in [0.5, 0.6) is 5.75 Å². The minimum atomic E-state index is -4.21. The molecular formula is C38H35N5O6S2. The summed E-state index contributed by atoms with van der Waals surface area (Å²) in [7, 11) is -6.94. The maximum absolute atomic E-state index is 14.3. The average Bonchev–Trinajstić information content (AvgIpc) is 3.17. The lowest BCUT2D eigenvalue weighted by atomic mass is 10.0. The minimum absolute atomic E-state index is 0.00810. The van der Waals surface area contributed by atoms with Gasteiger partial charge in [0.05, 0.1) is 4.90 Å². The lowest BCUT2D eigenvalue weighted by Crippen LogP contribution is -2.56. The van der Waals surface area contributed by atoms with Crippen molar-refractivity contribution in [2.75, 3.05) is 38.1 Å². The molecule has 0 bridgehead atoms. The smallest absolute Gasteiger partial charge is 0.339 e. The quantitative estimate of drug-likeness (QED) is 0.177. The van der Waals surface area contributed by atoms with Gasteiger partial charge in [0.15, 0.2) is 0 Å². The number of likely N-dealkylation sites (N-methyl/N-ethyl adjacent to an activating group) is 1. The number of carbonyl (C=O) groups is 1. The highest BCUT2D eigenvalue weighted by Gasteiger charge is 2.37. The van der Waals surface area contributed by atoms with Gasteiger partial charge in [-0.15, -0.1) is 0 Å². The first kappa shape index (κ1) is 34.1. The average molecular weight is 722 g/mol. The normalized spacial score (nSPS) is 14.5. The zero-order chi connectivity index (χ0) is 35.6. The van der Waals surface area contributed by atoms with Gasteiger partial charge in [-0.3, -0.25) is 14.8 Å². The van der Waals surface area contributed by atoms with Crippen LogP contribution in [0.3, 0.4) is 0 Å². The highest BCUT2D eigenvalue weighted by atomic mass is 32.2. The number of fused-ring (bicyclic) bond motifs is 2. The van der Waals surface area contributed by atoms with Gasteiger partial charge < -0.3 is 14.0 Å². The van der Waals surface area contributed by atoms with Crippen molar-refractivity contribution < 1.29 is 25.8 Å². The third kappa shape index (κ3) is 7.00. The van der Waals surface area contributed by atoms with E-state index in [9.17, 15) is 21.6 Å². The predicted molar refractivity (Wildman–Crippen MR) is 195 cm³/mol. The number of aromatic nitrogens is 2. The highest BCUT2D eigenvalue weighted by molar-refractivity contribution is 7.89. The maximum atomic E-state index is 14.3. The molecule has 4 aromatic carbocycles. The second-order valence-corrected chi connectivity index (χ2v) is 15.8. The predicted octanol–water partition coefficient (Wildman–Crippen LogP) is 5.13. The van der Waals surface area contributed by atoms with E-state index >= 15 is 0 Å². The van der Waals surface area contributed by atoms with E-state index in [1.54, 1.807) is 65.8 Å².